The van der Waals surface area contributed by atoms with Gasteiger partial charge in [-0.2, -0.15) is 10.5 Å². The molecule has 0 bridgehead atoms. The molecule has 1 amide bonds. The number of aromatic nitrogens is 1. The van der Waals surface area contributed by atoms with Crippen molar-refractivity contribution in [3.05, 3.63) is 65.2 Å². The van der Waals surface area contributed by atoms with Crippen molar-refractivity contribution in [3.8, 4) is 23.3 Å². The number of thioether (sulfide) groups is 1. The van der Waals surface area contributed by atoms with Gasteiger partial charge in [0.1, 0.15) is 28.5 Å². The molecular formula is C24H22N6O3S2. The lowest BCUT2D eigenvalue weighted by Crippen LogP contribution is -2.14. The highest BCUT2D eigenvalue weighted by molar-refractivity contribution is 7.99. The van der Waals surface area contributed by atoms with Crippen molar-refractivity contribution < 1.29 is 13.2 Å². The fourth-order valence-electron chi connectivity index (χ4n) is 3.29. The molecule has 0 spiro atoms. The van der Waals surface area contributed by atoms with E-state index in [-0.39, 0.29) is 34.2 Å². The summed E-state index contributed by atoms with van der Waals surface area (Å²) in [7, 11) is -3.82. The van der Waals surface area contributed by atoms with E-state index in [9.17, 15) is 23.7 Å². The van der Waals surface area contributed by atoms with E-state index in [0.29, 0.717) is 27.6 Å². The first-order valence-electron chi connectivity index (χ1n) is 10.5. The molecule has 35 heavy (non-hydrogen) atoms. The summed E-state index contributed by atoms with van der Waals surface area (Å²) in [6.07, 6.45) is 0.947. The maximum absolute atomic E-state index is 12.3. The highest BCUT2D eigenvalue weighted by atomic mass is 32.2. The van der Waals surface area contributed by atoms with Crippen LogP contribution in [0.25, 0.3) is 11.1 Å². The van der Waals surface area contributed by atoms with Crippen molar-refractivity contribution in [3.63, 3.8) is 0 Å². The molecule has 1 heterocycles. The van der Waals surface area contributed by atoms with Gasteiger partial charge in [0.15, 0.2) is 0 Å². The molecule has 178 valence electrons. The average Bonchev–Trinajstić information content (AvgIpc) is 2.83. The molecule has 5 N–H and O–H groups in total. The molecule has 0 aliphatic rings. The van der Waals surface area contributed by atoms with E-state index < -0.39 is 10.0 Å². The minimum atomic E-state index is -3.82. The molecule has 0 aliphatic heterocycles. The number of pyridine rings is 1. The number of aryl methyl sites for hydroxylation is 1. The zero-order valence-electron chi connectivity index (χ0n) is 18.8. The number of hydrogen-bond acceptors (Lipinski definition) is 8. The second-order valence-corrected chi connectivity index (χ2v) is 10.1. The summed E-state index contributed by atoms with van der Waals surface area (Å²) < 4.78 is 22.7. The Kier molecular flexibility index (Phi) is 8.10. The summed E-state index contributed by atoms with van der Waals surface area (Å²) in [6, 6.07) is 17.2. The van der Waals surface area contributed by atoms with Gasteiger partial charge in [0.2, 0.25) is 15.9 Å². The largest absolute Gasteiger partial charge is 0.383 e. The van der Waals surface area contributed by atoms with Gasteiger partial charge in [-0.25, -0.2) is 18.5 Å². The number of amides is 1. The van der Waals surface area contributed by atoms with Crippen LogP contribution in [0.2, 0.25) is 0 Å². The van der Waals surface area contributed by atoms with E-state index in [2.05, 4.69) is 22.4 Å². The second-order valence-electron chi connectivity index (χ2n) is 7.42. The minimum absolute atomic E-state index is 0.0166. The first-order valence-corrected chi connectivity index (χ1v) is 13.0. The van der Waals surface area contributed by atoms with Gasteiger partial charge in [-0.1, -0.05) is 31.2 Å². The maximum Gasteiger partial charge on any atom is 0.238 e. The Morgan fingerprint density at radius 1 is 1.06 bits per heavy atom. The standard InChI is InChI=1S/C24H22N6O3S2/c1-2-15-3-5-16(6-4-15)22-19(13-25)23(27)30-24(20(22)14-26)34-12-11-21(31)29-17-7-9-18(10-8-17)35(28,32)33/h3-10H,2,11-12H2,1H3,(H2,27,30)(H,29,31)(H2,28,32,33). The van der Waals surface area contributed by atoms with Crippen LogP contribution in [0.1, 0.15) is 30.0 Å². The SMILES string of the molecule is CCc1ccc(-c2c(C#N)c(N)nc(SCCC(=O)Nc3ccc(S(N)(=O)=O)cc3)c2C#N)cc1. The predicted octanol–water partition coefficient (Wildman–Crippen LogP) is 3.40. The molecule has 0 aliphatic carbocycles. The minimum Gasteiger partial charge on any atom is -0.383 e. The van der Waals surface area contributed by atoms with Gasteiger partial charge in [0.05, 0.1) is 10.5 Å². The molecule has 9 nitrogen and oxygen atoms in total. The van der Waals surface area contributed by atoms with Crippen LogP contribution in [-0.2, 0) is 21.2 Å². The van der Waals surface area contributed by atoms with Gasteiger partial charge in [-0.15, -0.1) is 11.8 Å². The van der Waals surface area contributed by atoms with Crippen LogP contribution in [0, 0.1) is 22.7 Å². The van der Waals surface area contributed by atoms with E-state index in [0.717, 1.165) is 12.0 Å². The molecule has 0 atom stereocenters. The third kappa shape index (κ3) is 6.16. The van der Waals surface area contributed by atoms with Gasteiger partial charge < -0.3 is 11.1 Å². The molecular weight excluding hydrogens is 484 g/mol. The average molecular weight is 507 g/mol. The predicted molar refractivity (Wildman–Crippen MR) is 135 cm³/mol. The zero-order valence-corrected chi connectivity index (χ0v) is 20.4. The van der Waals surface area contributed by atoms with E-state index >= 15 is 0 Å². The van der Waals surface area contributed by atoms with Gasteiger partial charge in [-0.05, 0) is 41.8 Å². The monoisotopic (exact) mass is 506 g/mol. The Hall–Kier alpha value is -3.90. The lowest BCUT2D eigenvalue weighted by molar-refractivity contribution is -0.115. The molecule has 1 aromatic heterocycles. The van der Waals surface area contributed by atoms with Crippen LogP contribution in [0.3, 0.4) is 0 Å². The lowest BCUT2D eigenvalue weighted by Gasteiger charge is -2.13. The van der Waals surface area contributed by atoms with Crippen molar-refractivity contribution in [2.45, 2.75) is 29.7 Å². The van der Waals surface area contributed by atoms with Gasteiger partial charge in [-0.3, -0.25) is 4.79 Å². The Balaban J connectivity index is 1.77. The Morgan fingerprint density at radius 2 is 1.69 bits per heavy atom. The summed E-state index contributed by atoms with van der Waals surface area (Å²) >= 11 is 1.19. The molecule has 3 rings (SSSR count). The Morgan fingerprint density at radius 3 is 2.23 bits per heavy atom. The molecule has 2 aromatic carbocycles. The highest BCUT2D eigenvalue weighted by Gasteiger charge is 2.20. The summed E-state index contributed by atoms with van der Waals surface area (Å²) in [5.74, 6) is 0.00168. The number of nitrogen functional groups attached to an aromatic ring is 1. The molecule has 0 saturated carbocycles. The Labute approximate surface area is 207 Å². The molecule has 0 radical (unpaired) electrons. The van der Waals surface area contributed by atoms with Gasteiger partial charge >= 0.3 is 0 Å². The number of carbonyl (C=O) groups is 1. The van der Waals surface area contributed by atoms with Crippen LogP contribution in [0.15, 0.2) is 58.5 Å². The number of nitrogens with zero attached hydrogens (tertiary/aromatic N) is 3. The second kappa shape index (κ2) is 11.0. The summed E-state index contributed by atoms with van der Waals surface area (Å²) in [6.45, 7) is 2.03. The smallest absolute Gasteiger partial charge is 0.238 e. The van der Waals surface area contributed by atoms with Crippen LogP contribution in [-0.4, -0.2) is 25.1 Å². The third-order valence-electron chi connectivity index (χ3n) is 5.10. The maximum atomic E-state index is 12.3. The van der Waals surface area contributed by atoms with Crippen LogP contribution in [0.5, 0.6) is 0 Å². The van der Waals surface area contributed by atoms with Crippen LogP contribution in [0.4, 0.5) is 11.5 Å². The molecule has 0 unspecified atom stereocenters. The number of sulfonamides is 1. The normalized spacial score (nSPS) is 10.9. The van der Waals surface area contributed by atoms with Crippen molar-refractivity contribution in [1.82, 2.24) is 4.98 Å². The number of hydrogen-bond donors (Lipinski definition) is 3. The number of nitriles is 2. The quantitative estimate of drug-likeness (QED) is 0.389. The van der Waals surface area contributed by atoms with E-state index in [1.807, 2.05) is 31.2 Å². The number of nitrogens with one attached hydrogen (secondary N) is 1. The first kappa shape index (κ1) is 25.7. The first-order chi connectivity index (χ1) is 16.7. The lowest BCUT2D eigenvalue weighted by atomic mass is 9.96. The van der Waals surface area contributed by atoms with Crippen molar-refractivity contribution in [2.75, 3.05) is 16.8 Å². The van der Waals surface area contributed by atoms with Crippen LogP contribution < -0.4 is 16.2 Å². The summed E-state index contributed by atoms with van der Waals surface area (Å²) in [5.41, 5.74) is 9.05. The van der Waals surface area contributed by atoms with Crippen molar-refractivity contribution in [2.24, 2.45) is 5.14 Å². The number of nitrogens with two attached hydrogens (primary N) is 2. The van der Waals surface area contributed by atoms with Crippen LogP contribution >= 0.6 is 11.8 Å². The molecule has 3 aromatic rings. The van der Waals surface area contributed by atoms with E-state index in [4.69, 9.17) is 10.9 Å². The number of primary sulfonamides is 1. The molecule has 0 saturated heterocycles. The summed E-state index contributed by atoms with van der Waals surface area (Å²) in [4.78, 5) is 16.5. The fourth-order valence-corrected chi connectivity index (χ4v) is 4.74. The highest BCUT2D eigenvalue weighted by Crippen LogP contribution is 2.36. The van der Waals surface area contributed by atoms with Gasteiger partial charge in [0.25, 0.3) is 0 Å². The zero-order chi connectivity index (χ0) is 25.6. The third-order valence-corrected chi connectivity index (χ3v) is 7.01. The molecule has 11 heteroatoms. The summed E-state index contributed by atoms with van der Waals surface area (Å²) in [5, 5.41) is 27.6. The van der Waals surface area contributed by atoms with Crippen molar-refractivity contribution in [1.29, 1.82) is 10.5 Å². The van der Waals surface area contributed by atoms with E-state index in [1.165, 1.54) is 36.0 Å². The number of benzene rings is 2. The fraction of sp³-hybridized carbons (Fsp3) is 0.167. The topological polar surface area (TPSA) is 176 Å². The molecule has 0 fully saturated rings. The number of carbonyl (C=O) groups excluding carboxylic acids is 1. The number of rotatable bonds is 8. The number of anilines is 2. The van der Waals surface area contributed by atoms with Crippen molar-refractivity contribution >= 4 is 39.2 Å². The Bertz CT molecular complexity index is 1440. The van der Waals surface area contributed by atoms with E-state index in [1.54, 1.807) is 0 Å². The van der Waals surface area contributed by atoms with Gasteiger partial charge in [0, 0.05) is 23.4 Å².